The van der Waals surface area contributed by atoms with Gasteiger partial charge in [0.1, 0.15) is 0 Å². The fraction of sp³-hybridized carbons (Fsp3) is 0.393. The zero-order valence-corrected chi connectivity index (χ0v) is 24.3. The number of fused-ring (bicyclic) bond motifs is 3. The Balaban J connectivity index is 1.65. The molecule has 2 amide bonds. The molecule has 5 rings (SSSR count). The second-order valence-electron chi connectivity index (χ2n) is 10.2. The number of phenolic OH excluding ortho intramolecular Hbond substituents is 1. The minimum Gasteiger partial charge on any atom is -0.503 e. The molecule has 1 aromatic carbocycles. The number of ether oxygens (including phenoxy) is 1. The molecular formula is C28H25Br2NO8. The quantitative estimate of drug-likeness (QED) is 0.262. The lowest BCUT2D eigenvalue weighted by Gasteiger charge is -2.42. The zero-order chi connectivity index (χ0) is 28.3. The third-order valence-corrected chi connectivity index (χ3v) is 10.3. The Labute approximate surface area is 240 Å². The average molecular weight is 663 g/mol. The van der Waals surface area contributed by atoms with Gasteiger partial charge in [0.05, 0.1) is 23.4 Å². The van der Waals surface area contributed by atoms with Gasteiger partial charge in [-0.1, -0.05) is 11.6 Å². The third-order valence-electron chi connectivity index (χ3n) is 8.13. The molecule has 0 aromatic heterocycles. The van der Waals surface area contributed by atoms with Gasteiger partial charge >= 0.3 is 5.97 Å². The summed E-state index contributed by atoms with van der Waals surface area (Å²) in [6, 6.07) is 1.61. The number of imide groups is 1. The Morgan fingerprint density at radius 2 is 1.85 bits per heavy atom. The van der Waals surface area contributed by atoms with Gasteiger partial charge in [0.2, 0.25) is 11.8 Å². The molecule has 0 saturated carbocycles. The topological polar surface area (TPSA) is 138 Å². The van der Waals surface area contributed by atoms with E-state index in [1.54, 1.807) is 13.0 Å². The Morgan fingerprint density at radius 1 is 1.13 bits per heavy atom. The van der Waals surface area contributed by atoms with E-state index < -0.39 is 29.6 Å². The molecule has 9 nitrogen and oxygen atoms in total. The molecule has 1 fully saturated rings. The molecule has 1 aromatic rings. The molecule has 2 N–H and O–H groups in total. The fourth-order valence-corrected chi connectivity index (χ4v) is 7.32. The van der Waals surface area contributed by atoms with Gasteiger partial charge in [-0.05, 0) is 81.7 Å². The molecule has 1 heterocycles. The van der Waals surface area contributed by atoms with E-state index in [4.69, 9.17) is 9.84 Å². The first-order valence-corrected chi connectivity index (χ1v) is 14.1. The van der Waals surface area contributed by atoms with Crippen LogP contribution in [0.3, 0.4) is 0 Å². The van der Waals surface area contributed by atoms with Crippen molar-refractivity contribution in [3.05, 3.63) is 55.0 Å². The first kappa shape index (κ1) is 27.5. The molecule has 0 spiro atoms. The van der Waals surface area contributed by atoms with Crippen LogP contribution in [0.5, 0.6) is 11.5 Å². The maximum absolute atomic E-state index is 13.6. The van der Waals surface area contributed by atoms with Gasteiger partial charge < -0.3 is 14.9 Å². The standard InChI is InChI=1S/C28H25Br2NO8/c1-11-8-17(32)15-9-14-12(5-6-13-21(14)28(38)31(27(13)37)7-3-4-19(33)34)20(22(15)25(11)35)16-10-18(39-2)26(36)24(30)23(16)29/h5,8,10,13-14,20-21,36H,3-4,6-7,9H2,1-2H3,(H,33,34). The summed E-state index contributed by atoms with van der Waals surface area (Å²) >= 11 is 6.93. The van der Waals surface area contributed by atoms with Gasteiger partial charge in [-0.3, -0.25) is 28.9 Å². The molecule has 4 unspecified atom stereocenters. The second-order valence-corrected chi connectivity index (χ2v) is 11.8. The molecule has 3 aliphatic carbocycles. The number of carboxylic acids is 1. The number of carbonyl (C=O) groups is 5. The Kier molecular flexibility index (Phi) is 7.17. The van der Waals surface area contributed by atoms with E-state index in [0.717, 1.165) is 10.5 Å². The van der Waals surface area contributed by atoms with E-state index in [0.29, 0.717) is 31.2 Å². The van der Waals surface area contributed by atoms with Crippen molar-refractivity contribution in [3.8, 4) is 11.5 Å². The number of Topliss-reactive ketones (excluding diaryl/α,β-unsaturated/α-hetero) is 1. The maximum atomic E-state index is 13.6. The number of ketones is 2. The lowest BCUT2D eigenvalue weighted by Crippen LogP contribution is -2.40. The van der Waals surface area contributed by atoms with Crippen molar-refractivity contribution in [3.63, 3.8) is 0 Å². The normalized spacial score (nSPS) is 26.2. The summed E-state index contributed by atoms with van der Waals surface area (Å²) in [7, 11) is 1.40. The highest BCUT2D eigenvalue weighted by Gasteiger charge is 2.56. The lowest BCUT2D eigenvalue weighted by molar-refractivity contribution is -0.142. The molecular weight excluding hydrogens is 638 g/mol. The van der Waals surface area contributed by atoms with Crippen LogP contribution in [0.2, 0.25) is 0 Å². The highest BCUT2D eigenvalue weighted by atomic mass is 79.9. The van der Waals surface area contributed by atoms with Crippen LogP contribution in [0.15, 0.2) is 49.5 Å². The van der Waals surface area contributed by atoms with Crippen LogP contribution in [0, 0.1) is 17.8 Å². The van der Waals surface area contributed by atoms with E-state index in [-0.39, 0.29) is 67.1 Å². The fourth-order valence-electron chi connectivity index (χ4n) is 6.37. The first-order valence-electron chi connectivity index (χ1n) is 12.5. The molecule has 1 saturated heterocycles. The summed E-state index contributed by atoms with van der Waals surface area (Å²) < 4.78 is 6.16. The number of halogens is 2. The number of likely N-dealkylation sites (tertiary alicyclic amines) is 1. The van der Waals surface area contributed by atoms with Crippen molar-refractivity contribution in [2.75, 3.05) is 13.7 Å². The predicted molar refractivity (Wildman–Crippen MR) is 145 cm³/mol. The number of phenols is 1. The summed E-state index contributed by atoms with van der Waals surface area (Å²) in [5.41, 5.74) is 2.30. The highest BCUT2D eigenvalue weighted by molar-refractivity contribution is 9.13. The van der Waals surface area contributed by atoms with E-state index >= 15 is 0 Å². The van der Waals surface area contributed by atoms with Crippen LogP contribution in [-0.2, 0) is 24.0 Å². The summed E-state index contributed by atoms with van der Waals surface area (Å²) in [6.07, 6.45) is 3.63. The molecule has 39 heavy (non-hydrogen) atoms. The minimum absolute atomic E-state index is 0.0173. The van der Waals surface area contributed by atoms with Crippen molar-refractivity contribution in [2.24, 2.45) is 17.8 Å². The average Bonchev–Trinajstić information content (AvgIpc) is 3.14. The maximum Gasteiger partial charge on any atom is 0.303 e. The number of methoxy groups -OCH3 is 1. The zero-order valence-electron chi connectivity index (χ0n) is 21.1. The monoisotopic (exact) mass is 661 g/mol. The van der Waals surface area contributed by atoms with E-state index in [1.165, 1.54) is 13.2 Å². The third kappa shape index (κ3) is 4.30. The molecule has 0 radical (unpaired) electrons. The number of nitrogens with zero attached hydrogens (tertiary/aromatic N) is 1. The number of rotatable bonds is 6. The van der Waals surface area contributed by atoms with Crippen molar-refractivity contribution in [1.82, 2.24) is 4.90 Å². The van der Waals surface area contributed by atoms with Crippen molar-refractivity contribution in [1.29, 1.82) is 0 Å². The van der Waals surface area contributed by atoms with Gasteiger partial charge in [0.15, 0.2) is 23.1 Å². The highest BCUT2D eigenvalue weighted by Crippen LogP contribution is 2.57. The number of aromatic hydroxyl groups is 1. The van der Waals surface area contributed by atoms with Gasteiger partial charge in [-0.2, -0.15) is 0 Å². The van der Waals surface area contributed by atoms with E-state index in [9.17, 15) is 29.1 Å². The van der Waals surface area contributed by atoms with Gasteiger partial charge in [-0.15, -0.1) is 0 Å². The number of aliphatic carboxylic acids is 1. The molecule has 4 aliphatic rings. The smallest absolute Gasteiger partial charge is 0.303 e. The van der Waals surface area contributed by atoms with Crippen molar-refractivity contribution < 1.29 is 38.9 Å². The SMILES string of the molecule is COc1cc(C2C3=CCC4C(=O)N(CCCC(=O)O)C(=O)C4C3CC3=C2C(=O)C(C)=CC3=O)c(Br)c(Br)c1O. The largest absolute Gasteiger partial charge is 0.503 e. The number of benzene rings is 1. The van der Waals surface area contributed by atoms with Crippen LogP contribution in [0.4, 0.5) is 0 Å². The Hall–Kier alpha value is -3.05. The van der Waals surface area contributed by atoms with Crippen LogP contribution in [0.1, 0.15) is 44.1 Å². The second kappa shape index (κ2) is 10.2. The van der Waals surface area contributed by atoms with Crippen LogP contribution in [0.25, 0.3) is 0 Å². The number of hydrogen-bond acceptors (Lipinski definition) is 7. The van der Waals surface area contributed by atoms with Crippen molar-refractivity contribution >= 4 is 61.2 Å². The van der Waals surface area contributed by atoms with Gasteiger partial charge in [0.25, 0.3) is 0 Å². The number of allylic oxidation sites excluding steroid dienone is 6. The summed E-state index contributed by atoms with van der Waals surface area (Å²) in [4.78, 5) is 65.8. The van der Waals surface area contributed by atoms with Crippen molar-refractivity contribution in [2.45, 2.75) is 38.5 Å². The number of hydrogen-bond donors (Lipinski definition) is 2. The van der Waals surface area contributed by atoms with Crippen LogP contribution >= 0.6 is 31.9 Å². The number of carboxylic acid groups (broad SMARTS) is 1. The number of amides is 2. The number of carbonyl (C=O) groups excluding carboxylic acids is 4. The van der Waals surface area contributed by atoms with Gasteiger partial charge in [-0.25, -0.2) is 0 Å². The van der Waals surface area contributed by atoms with E-state index in [1.807, 2.05) is 6.08 Å². The predicted octanol–water partition coefficient (Wildman–Crippen LogP) is 4.22. The van der Waals surface area contributed by atoms with Crippen LogP contribution < -0.4 is 4.74 Å². The summed E-state index contributed by atoms with van der Waals surface area (Å²) in [6.45, 7) is 1.61. The summed E-state index contributed by atoms with van der Waals surface area (Å²) in [5, 5.41) is 19.5. The molecule has 0 bridgehead atoms. The molecule has 1 aliphatic heterocycles. The Bertz CT molecular complexity index is 1460. The molecule has 4 atom stereocenters. The lowest BCUT2D eigenvalue weighted by atomic mass is 9.59. The Morgan fingerprint density at radius 3 is 2.51 bits per heavy atom. The molecule has 11 heteroatoms. The van der Waals surface area contributed by atoms with Gasteiger partial charge in [0, 0.05) is 40.1 Å². The first-order chi connectivity index (χ1) is 18.5. The van der Waals surface area contributed by atoms with E-state index in [2.05, 4.69) is 31.9 Å². The minimum atomic E-state index is -1.00. The van der Waals surface area contributed by atoms with Crippen LogP contribution in [-0.4, -0.2) is 58.1 Å². The molecule has 204 valence electrons. The summed E-state index contributed by atoms with van der Waals surface area (Å²) in [5.74, 6) is -4.83.